The van der Waals surface area contributed by atoms with E-state index in [1.54, 1.807) is 0 Å². The van der Waals surface area contributed by atoms with Crippen molar-refractivity contribution in [3.05, 3.63) is 27.8 Å². The molecule has 0 saturated carbocycles. The van der Waals surface area contributed by atoms with E-state index in [-0.39, 0.29) is 0 Å². The van der Waals surface area contributed by atoms with E-state index < -0.39 is 6.10 Å². The van der Waals surface area contributed by atoms with Gasteiger partial charge in [-0.3, -0.25) is 0 Å². The van der Waals surface area contributed by atoms with Crippen LogP contribution in [0, 0.1) is 3.57 Å². The molecule has 1 aromatic rings. The van der Waals surface area contributed by atoms with Gasteiger partial charge in [-0.05, 0) is 47.7 Å². The molecule has 0 saturated heterocycles. The number of benzene rings is 1. The molecule has 0 radical (unpaired) electrons. The number of hydrogen-bond donors (Lipinski definition) is 2. The summed E-state index contributed by atoms with van der Waals surface area (Å²) in [7, 11) is 0. The van der Waals surface area contributed by atoms with Gasteiger partial charge in [0.05, 0.1) is 25.9 Å². The molecule has 0 fully saturated rings. The predicted molar refractivity (Wildman–Crippen MR) is 81.0 cm³/mol. The largest absolute Gasteiger partial charge is 0.389 e. The van der Waals surface area contributed by atoms with Crippen LogP contribution >= 0.6 is 22.6 Å². The van der Waals surface area contributed by atoms with E-state index in [4.69, 9.17) is 9.47 Å². The van der Waals surface area contributed by atoms with Crippen molar-refractivity contribution in [2.24, 2.45) is 0 Å². The summed E-state index contributed by atoms with van der Waals surface area (Å²) < 4.78 is 11.6. The van der Waals surface area contributed by atoms with E-state index in [0.717, 1.165) is 5.69 Å². The minimum atomic E-state index is -0.510. The second-order valence-electron chi connectivity index (χ2n) is 3.82. The summed E-state index contributed by atoms with van der Waals surface area (Å²) >= 11 is 2.26. The first-order valence-electron chi connectivity index (χ1n) is 6.05. The van der Waals surface area contributed by atoms with Gasteiger partial charge >= 0.3 is 0 Å². The summed E-state index contributed by atoms with van der Waals surface area (Å²) in [6.07, 6.45) is -0.510. The molecule has 1 aromatic carbocycles. The minimum Gasteiger partial charge on any atom is -0.389 e. The van der Waals surface area contributed by atoms with E-state index in [1.165, 1.54) is 3.57 Å². The van der Waals surface area contributed by atoms with Crippen molar-refractivity contribution in [3.8, 4) is 0 Å². The third kappa shape index (κ3) is 7.15. The van der Waals surface area contributed by atoms with Crippen molar-refractivity contribution in [3.63, 3.8) is 0 Å². The number of hydrogen-bond acceptors (Lipinski definition) is 4. The molecule has 0 aliphatic heterocycles. The Morgan fingerprint density at radius 2 is 2.11 bits per heavy atom. The molecule has 2 N–H and O–H groups in total. The van der Waals surface area contributed by atoms with Crippen LogP contribution in [0.2, 0.25) is 0 Å². The second kappa shape index (κ2) is 9.55. The van der Waals surface area contributed by atoms with Crippen molar-refractivity contribution in [2.45, 2.75) is 13.0 Å². The fourth-order valence-corrected chi connectivity index (χ4v) is 1.92. The lowest BCUT2D eigenvalue weighted by atomic mass is 10.3. The first kappa shape index (κ1) is 15.7. The van der Waals surface area contributed by atoms with Crippen LogP contribution in [0.3, 0.4) is 0 Å². The number of ether oxygens (including phenoxy) is 2. The molecule has 0 aromatic heterocycles. The summed E-state index contributed by atoms with van der Waals surface area (Å²) in [5.41, 5.74) is 1.01. The molecule has 0 spiro atoms. The monoisotopic (exact) mass is 365 g/mol. The Labute approximate surface area is 122 Å². The van der Waals surface area contributed by atoms with E-state index in [2.05, 4.69) is 27.9 Å². The second-order valence-corrected chi connectivity index (χ2v) is 5.06. The highest BCUT2D eigenvalue weighted by molar-refractivity contribution is 14.1. The van der Waals surface area contributed by atoms with Gasteiger partial charge in [0, 0.05) is 22.4 Å². The van der Waals surface area contributed by atoms with Crippen LogP contribution in [0.5, 0.6) is 0 Å². The van der Waals surface area contributed by atoms with Crippen LogP contribution in [0.1, 0.15) is 6.92 Å². The average Bonchev–Trinajstić information content (AvgIpc) is 2.36. The Morgan fingerprint density at radius 1 is 1.33 bits per heavy atom. The average molecular weight is 365 g/mol. The van der Waals surface area contributed by atoms with Gasteiger partial charge in [0.1, 0.15) is 0 Å². The maximum Gasteiger partial charge on any atom is 0.0945 e. The zero-order chi connectivity index (χ0) is 13.2. The van der Waals surface area contributed by atoms with Crippen molar-refractivity contribution in [1.82, 2.24) is 0 Å². The van der Waals surface area contributed by atoms with Crippen molar-refractivity contribution >= 4 is 28.3 Å². The van der Waals surface area contributed by atoms with Gasteiger partial charge in [0.2, 0.25) is 0 Å². The molecular weight excluding hydrogens is 345 g/mol. The molecule has 0 amide bonds. The number of halogens is 1. The van der Waals surface area contributed by atoms with E-state index in [0.29, 0.717) is 33.0 Å². The lowest BCUT2D eigenvalue weighted by Crippen LogP contribution is -2.25. The van der Waals surface area contributed by atoms with Crippen molar-refractivity contribution in [2.75, 3.05) is 38.3 Å². The number of nitrogens with one attached hydrogen (secondary N) is 1. The Bertz CT molecular complexity index is 336. The highest BCUT2D eigenvalue weighted by Crippen LogP contribution is 2.12. The lowest BCUT2D eigenvalue weighted by Gasteiger charge is -2.13. The molecule has 18 heavy (non-hydrogen) atoms. The smallest absolute Gasteiger partial charge is 0.0945 e. The molecule has 0 aliphatic rings. The molecule has 0 bridgehead atoms. The molecule has 1 rings (SSSR count). The van der Waals surface area contributed by atoms with Gasteiger partial charge in [0.15, 0.2) is 0 Å². The first-order chi connectivity index (χ1) is 8.72. The molecule has 5 heteroatoms. The van der Waals surface area contributed by atoms with Gasteiger partial charge in [-0.15, -0.1) is 0 Å². The third-order valence-corrected chi connectivity index (χ3v) is 2.92. The maximum absolute atomic E-state index is 9.71. The Morgan fingerprint density at radius 3 is 2.83 bits per heavy atom. The van der Waals surface area contributed by atoms with Crippen LogP contribution in [-0.4, -0.2) is 44.2 Å². The highest BCUT2D eigenvalue weighted by Gasteiger charge is 2.04. The molecule has 4 nitrogen and oxygen atoms in total. The van der Waals surface area contributed by atoms with Crippen LogP contribution < -0.4 is 5.32 Å². The van der Waals surface area contributed by atoms with Crippen LogP contribution in [-0.2, 0) is 9.47 Å². The minimum absolute atomic E-state index is 0.323. The first-order valence-corrected chi connectivity index (χ1v) is 7.13. The maximum atomic E-state index is 9.71. The summed E-state index contributed by atoms with van der Waals surface area (Å²) in [4.78, 5) is 0. The Kier molecular flexibility index (Phi) is 8.32. The van der Waals surface area contributed by atoms with Gasteiger partial charge in [-0.25, -0.2) is 0 Å². The van der Waals surface area contributed by atoms with Crippen LogP contribution in [0.25, 0.3) is 0 Å². The molecule has 102 valence electrons. The number of aliphatic hydroxyl groups excluding tert-OH is 1. The van der Waals surface area contributed by atoms with Gasteiger partial charge in [-0.1, -0.05) is 6.07 Å². The fourth-order valence-electron chi connectivity index (χ4n) is 1.37. The quantitative estimate of drug-likeness (QED) is 0.520. The normalized spacial score (nSPS) is 12.4. The fraction of sp³-hybridized carbons (Fsp3) is 0.538. The standard InChI is InChI=1S/C13H20INO3/c1-2-17-6-7-18-10-13(16)9-15-12-5-3-4-11(14)8-12/h3-5,8,13,15-16H,2,6-7,9-10H2,1H3. The number of anilines is 1. The molecule has 1 atom stereocenters. The van der Waals surface area contributed by atoms with Gasteiger partial charge in [0.25, 0.3) is 0 Å². The van der Waals surface area contributed by atoms with E-state index in [9.17, 15) is 5.11 Å². The zero-order valence-electron chi connectivity index (χ0n) is 10.6. The molecule has 1 unspecified atom stereocenters. The van der Waals surface area contributed by atoms with E-state index in [1.807, 2.05) is 31.2 Å². The summed E-state index contributed by atoms with van der Waals surface area (Å²) in [6, 6.07) is 8.02. The highest BCUT2D eigenvalue weighted by atomic mass is 127. The summed E-state index contributed by atoms with van der Waals surface area (Å²) in [6.45, 7) is 4.54. The third-order valence-electron chi connectivity index (χ3n) is 2.25. The van der Waals surface area contributed by atoms with E-state index >= 15 is 0 Å². The zero-order valence-corrected chi connectivity index (χ0v) is 12.7. The number of aliphatic hydroxyl groups is 1. The van der Waals surface area contributed by atoms with Crippen molar-refractivity contribution in [1.29, 1.82) is 0 Å². The number of rotatable bonds is 9. The lowest BCUT2D eigenvalue weighted by molar-refractivity contribution is 0.0103. The Balaban J connectivity index is 2.11. The van der Waals surface area contributed by atoms with Gasteiger partial charge in [-0.2, -0.15) is 0 Å². The van der Waals surface area contributed by atoms with Crippen molar-refractivity contribution < 1.29 is 14.6 Å². The molecule has 0 heterocycles. The summed E-state index contributed by atoms with van der Waals surface area (Å²) in [5, 5.41) is 12.9. The topological polar surface area (TPSA) is 50.7 Å². The van der Waals surface area contributed by atoms with Crippen LogP contribution in [0.4, 0.5) is 5.69 Å². The van der Waals surface area contributed by atoms with Gasteiger partial charge < -0.3 is 19.9 Å². The SMILES string of the molecule is CCOCCOCC(O)CNc1cccc(I)c1. The van der Waals surface area contributed by atoms with Crippen LogP contribution in [0.15, 0.2) is 24.3 Å². The Hall–Kier alpha value is -0.370. The molecule has 0 aliphatic carbocycles. The summed E-state index contributed by atoms with van der Waals surface area (Å²) in [5.74, 6) is 0. The molecular formula is C13H20INO3. The predicted octanol–water partition coefficient (Wildman–Crippen LogP) is 2.12.